The summed E-state index contributed by atoms with van der Waals surface area (Å²) < 4.78 is 0. The number of ketones is 2. The molecule has 215 valence electrons. The number of aromatic hydroxyl groups is 1. The van der Waals surface area contributed by atoms with E-state index in [1.54, 1.807) is 12.1 Å². The van der Waals surface area contributed by atoms with Crippen molar-refractivity contribution in [3.63, 3.8) is 0 Å². The Hall–Kier alpha value is -3.29. The highest BCUT2D eigenvalue weighted by Gasteiger charge is 2.67. The number of piperidine rings is 1. The normalized spacial score (nSPS) is 31.4. The Morgan fingerprint density at radius 3 is 2.42 bits per heavy atom. The van der Waals surface area contributed by atoms with Crippen LogP contribution in [0.5, 0.6) is 5.75 Å². The number of benzene rings is 1. The molecule has 0 bridgehead atoms. The minimum Gasteiger partial charge on any atom is -0.508 e. The third kappa shape index (κ3) is 4.05. The summed E-state index contributed by atoms with van der Waals surface area (Å²) >= 11 is 0. The first-order valence-electron chi connectivity index (χ1n) is 13.2. The number of phenolic OH excluding ortho intramolecular Hbond substituents is 1. The third-order valence-corrected chi connectivity index (χ3v) is 8.84. The number of primary amides is 1. The molecule has 4 aliphatic rings. The van der Waals surface area contributed by atoms with Crippen molar-refractivity contribution < 1.29 is 39.9 Å². The number of amides is 1. The van der Waals surface area contributed by atoms with E-state index in [0.717, 1.165) is 25.9 Å². The fourth-order valence-electron chi connectivity index (χ4n) is 6.66. The number of nitrogens with zero attached hydrogens (tertiary/aromatic N) is 2. The van der Waals surface area contributed by atoms with Gasteiger partial charge in [-0.2, -0.15) is 0 Å². The highest BCUT2D eigenvalue weighted by Crippen LogP contribution is 2.53. The number of Topliss-reactive ketones (excluding diaryl/α,β-unsaturated/α-hetero) is 2. The van der Waals surface area contributed by atoms with Crippen molar-refractivity contribution in [2.75, 3.05) is 34.2 Å². The Morgan fingerprint density at radius 1 is 1.18 bits per heavy atom. The fourth-order valence-corrected chi connectivity index (χ4v) is 6.66. The average molecular weight is 556 g/mol. The number of rotatable bonds is 5. The predicted octanol–water partition coefficient (Wildman–Crippen LogP) is -0.872. The molecule has 1 aliphatic heterocycles. The minimum absolute atomic E-state index is 0.0498. The van der Waals surface area contributed by atoms with Gasteiger partial charge in [-0.25, -0.2) is 0 Å². The van der Waals surface area contributed by atoms with Crippen LogP contribution >= 0.6 is 0 Å². The van der Waals surface area contributed by atoms with Gasteiger partial charge < -0.3 is 41.5 Å². The number of nitrogens with two attached hydrogens (primary N) is 1. The molecule has 1 amide bonds. The SMILES string of the molecule is CN1CCC(NCc2ccc3c(c2O)C(O)=C2C(=O)[C@]4(O)C(O)=C(C(N)=O)C(=O)[C@@H](N(C)C)[C@@H]4[C@@H](O)[C@@H]2[CH]3)CC1. The van der Waals surface area contributed by atoms with Crippen molar-refractivity contribution in [3.05, 3.63) is 52.1 Å². The lowest BCUT2D eigenvalue weighted by molar-refractivity contribution is -0.167. The van der Waals surface area contributed by atoms with Gasteiger partial charge in [0.1, 0.15) is 22.8 Å². The van der Waals surface area contributed by atoms with Crippen molar-refractivity contribution in [2.45, 2.75) is 43.2 Å². The minimum atomic E-state index is -2.93. The zero-order valence-electron chi connectivity index (χ0n) is 22.6. The van der Waals surface area contributed by atoms with Crippen LogP contribution < -0.4 is 11.1 Å². The van der Waals surface area contributed by atoms with Crippen LogP contribution in [0.2, 0.25) is 0 Å². The quantitative estimate of drug-likeness (QED) is 0.223. The van der Waals surface area contributed by atoms with E-state index in [1.807, 2.05) is 0 Å². The Labute approximate surface area is 231 Å². The second-order valence-corrected chi connectivity index (χ2v) is 11.4. The van der Waals surface area contributed by atoms with E-state index < -0.39 is 69.7 Å². The summed E-state index contributed by atoms with van der Waals surface area (Å²) in [5.41, 5.74) is 1.79. The van der Waals surface area contributed by atoms with E-state index in [-0.39, 0.29) is 17.4 Å². The molecule has 12 heteroatoms. The van der Waals surface area contributed by atoms with Gasteiger partial charge in [0.15, 0.2) is 11.4 Å². The van der Waals surface area contributed by atoms with Gasteiger partial charge in [-0.15, -0.1) is 0 Å². The first-order valence-corrected chi connectivity index (χ1v) is 13.2. The zero-order chi connectivity index (χ0) is 29.3. The Morgan fingerprint density at radius 2 is 1.82 bits per heavy atom. The second kappa shape index (κ2) is 9.96. The number of likely N-dealkylation sites (N-methyl/N-ethyl adjacent to an activating group) is 1. The molecule has 5 atom stereocenters. The van der Waals surface area contributed by atoms with Crippen LogP contribution in [-0.4, -0.2) is 111 Å². The zero-order valence-corrected chi connectivity index (χ0v) is 22.6. The molecule has 2 fully saturated rings. The van der Waals surface area contributed by atoms with Crippen LogP contribution in [0.1, 0.15) is 29.5 Å². The molecule has 0 aromatic heterocycles. The number of carbonyl (C=O) groups excluding carboxylic acids is 3. The van der Waals surface area contributed by atoms with Crippen LogP contribution in [0.25, 0.3) is 5.76 Å². The van der Waals surface area contributed by atoms with E-state index in [4.69, 9.17) is 5.73 Å². The van der Waals surface area contributed by atoms with Gasteiger partial charge in [0.25, 0.3) is 5.91 Å². The number of likely N-dealkylation sites (tertiary alicyclic amines) is 1. The van der Waals surface area contributed by atoms with Crippen LogP contribution in [0.15, 0.2) is 29.0 Å². The lowest BCUT2D eigenvalue weighted by Crippen LogP contribution is -2.70. The van der Waals surface area contributed by atoms with Crippen LogP contribution in [0, 0.1) is 18.3 Å². The smallest absolute Gasteiger partial charge is 0.255 e. The molecular formula is C28H35N4O8. The summed E-state index contributed by atoms with van der Waals surface area (Å²) in [6.07, 6.45) is 1.73. The van der Waals surface area contributed by atoms with E-state index in [0.29, 0.717) is 17.7 Å². The van der Waals surface area contributed by atoms with Crippen molar-refractivity contribution in [3.8, 4) is 5.75 Å². The van der Waals surface area contributed by atoms with Gasteiger partial charge >= 0.3 is 0 Å². The maximum Gasteiger partial charge on any atom is 0.255 e. The van der Waals surface area contributed by atoms with Crippen molar-refractivity contribution in [2.24, 2.45) is 17.6 Å². The third-order valence-electron chi connectivity index (χ3n) is 8.84. The monoisotopic (exact) mass is 555 g/mol. The topological polar surface area (TPSA) is 197 Å². The number of hydrogen-bond acceptors (Lipinski definition) is 11. The maximum atomic E-state index is 13.9. The largest absolute Gasteiger partial charge is 0.508 e. The van der Waals surface area contributed by atoms with Crippen LogP contribution in [0.4, 0.5) is 0 Å². The molecule has 1 heterocycles. The van der Waals surface area contributed by atoms with Gasteiger partial charge in [-0.05, 0) is 52.6 Å². The fraction of sp³-hybridized carbons (Fsp3) is 0.500. The molecule has 5 rings (SSSR count). The Bertz CT molecular complexity index is 1350. The van der Waals surface area contributed by atoms with Crippen molar-refractivity contribution >= 4 is 23.2 Å². The number of hydrogen-bond donors (Lipinski definition) is 7. The lowest BCUT2D eigenvalue weighted by Gasteiger charge is -2.52. The molecule has 1 saturated heterocycles. The Balaban J connectivity index is 1.58. The first kappa shape index (κ1) is 28.2. The average Bonchev–Trinajstić information content (AvgIpc) is 2.89. The molecule has 8 N–H and O–H groups in total. The molecule has 1 saturated carbocycles. The molecular weight excluding hydrogens is 520 g/mol. The van der Waals surface area contributed by atoms with Crippen molar-refractivity contribution in [1.82, 2.24) is 15.1 Å². The predicted molar refractivity (Wildman–Crippen MR) is 143 cm³/mol. The maximum absolute atomic E-state index is 13.9. The Kier molecular flexibility index (Phi) is 7.04. The number of fused-ring (bicyclic) bond motifs is 3. The summed E-state index contributed by atoms with van der Waals surface area (Å²) in [6.45, 7) is 2.20. The summed E-state index contributed by atoms with van der Waals surface area (Å²) in [4.78, 5) is 42.7. The first-order chi connectivity index (χ1) is 18.8. The van der Waals surface area contributed by atoms with Crippen molar-refractivity contribution in [1.29, 1.82) is 0 Å². The molecule has 1 aromatic rings. The van der Waals surface area contributed by atoms with Gasteiger partial charge in [0.2, 0.25) is 5.78 Å². The van der Waals surface area contributed by atoms with E-state index in [2.05, 4.69) is 17.3 Å². The lowest BCUT2D eigenvalue weighted by atomic mass is 9.56. The van der Waals surface area contributed by atoms with Gasteiger partial charge in [0.05, 0.1) is 23.6 Å². The second-order valence-electron chi connectivity index (χ2n) is 11.4. The van der Waals surface area contributed by atoms with Gasteiger partial charge in [-0.1, -0.05) is 12.1 Å². The molecule has 3 aliphatic carbocycles. The highest BCUT2D eigenvalue weighted by atomic mass is 16.4. The van der Waals surface area contributed by atoms with Gasteiger partial charge in [0, 0.05) is 36.1 Å². The molecule has 1 aromatic carbocycles. The summed E-state index contributed by atoms with van der Waals surface area (Å²) in [5.74, 6) is -8.44. The van der Waals surface area contributed by atoms with Gasteiger partial charge in [-0.3, -0.25) is 19.3 Å². The standard InChI is InChI=1S/C28H35N4O8/c1-31(2)20-19-22(34)15-10-12-4-5-13(11-30-14-6-8-32(3)9-7-14)21(33)16(12)23(35)17(15)25(37)28(19,40)26(38)18(24(20)36)27(29)39/h4-5,10,14-15,19-20,22,30,33-35,38,40H,6-9,11H2,1-3H3,(H2,29,39)/t15-,19-,20+,22+,28+/m1/s1. The number of carbonyl (C=O) groups is 3. The highest BCUT2D eigenvalue weighted by molar-refractivity contribution is 6.24. The number of aliphatic hydroxyl groups is 4. The van der Waals surface area contributed by atoms with Crippen LogP contribution in [0.3, 0.4) is 0 Å². The molecule has 0 unspecified atom stereocenters. The molecule has 1 radical (unpaired) electrons. The van der Waals surface area contributed by atoms with E-state index in [9.17, 15) is 39.9 Å². The number of aliphatic hydroxyl groups excluding tert-OH is 3. The summed E-state index contributed by atoms with van der Waals surface area (Å²) in [7, 11) is 4.98. The van der Waals surface area contributed by atoms with E-state index >= 15 is 0 Å². The summed E-state index contributed by atoms with van der Waals surface area (Å²) in [5, 5.41) is 60.0. The van der Waals surface area contributed by atoms with Crippen LogP contribution in [-0.2, 0) is 20.9 Å². The molecule has 40 heavy (non-hydrogen) atoms. The van der Waals surface area contributed by atoms with E-state index in [1.165, 1.54) is 25.4 Å². The number of nitrogens with one attached hydrogen (secondary N) is 1. The summed E-state index contributed by atoms with van der Waals surface area (Å²) in [6, 6.07) is 2.22. The number of phenols is 1. The molecule has 0 spiro atoms. The molecule has 12 nitrogen and oxygen atoms in total.